The number of para-hydroxylation sites is 2. The summed E-state index contributed by atoms with van der Waals surface area (Å²) >= 11 is 0. The van der Waals surface area contributed by atoms with Crippen molar-refractivity contribution in [3.63, 3.8) is 0 Å². The van der Waals surface area contributed by atoms with Crippen LogP contribution >= 0.6 is 0 Å². The minimum Gasteiger partial charge on any atom is -0.472 e. The lowest BCUT2D eigenvalue weighted by atomic mass is 9.79. The van der Waals surface area contributed by atoms with Crippen LogP contribution in [0.1, 0.15) is 44.6 Å². The summed E-state index contributed by atoms with van der Waals surface area (Å²) in [5, 5.41) is 5.33. The molecule has 1 spiro atoms. The molecule has 0 unspecified atom stereocenters. The number of nitrogens with zero attached hydrogens (tertiary/aromatic N) is 4. The number of fused-ring (bicyclic) bond motifs is 9. The van der Waals surface area contributed by atoms with Gasteiger partial charge in [0, 0.05) is 54.2 Å². The quantitative estimate of drug-likeness (QED) is 0.130. The molecule has 0 bridgehead atoms. The van der Waals surface area contributed by atoms with Crippen molar-refractivity contribution in [3.05, 3.63) is 257 Å². The highest BCUT2D eigenvalue weighted by atomic mass is 16.5. The Labute approximate surface area is 363 Å². The topological polar surface area (TPSA) is 33.5 Å². The number of ether oxygens (including phenoxy) is 1. The molecule has 11 rings (SSSR count). The summed E-state index contributed by atoms with van der Waals surface area (Å²) in [7, 11) is 0. The third-order valence-corrected chi connectivity index (χ3v) is 12.5. The van der Waals surface area contributed by atoms with Gasteiger partial charge in [0.05, 0.1) is 22.6 Å². The Balaban J connectivity index is 1.14. The van der Waals surface area contributed by atoms with Gasteiger partial charge in [-0.2, -0.15) is 5.10 Å². The Hall–Kier alpha value is -7.63. The predicted octanol–water partition coefficient (Wildman–Crippen LogP) is 12.9. The first kappa shape index (κ1) is 37.4. The highest BCUT2D eigenvalue weighted by Crippen LogP contribution is 2.60. The van der Waals surface area contributed by atoms with Crippen LogP contribution in [0.2, 0.25) is 0 Å². The van der Waals surface area contributed by atoms with Gasteiger partial charge in [0.1, 0.15) is 5.75 Å². The summed E-state index contributed by atoms with van der Waals surface area (Å²) < 4.78 is 9.71. The molecule has 300 valence electrons. The molecule has 9 aromatic rings. The number of aryl methyl sites for hydroxylation is 1. The van der Waals surface area contributed by atoms with E-state index in [1.54, 1.807) is 0 Å². The van der Waals surface area contributed by atoms with Crippen molar-refractivity contribution in [2.24, 2.45) is 0 Å². The first-order valence-electron chi connectivity index (χ1n) is 21.5. The van der Waals surface area contributed by atoms with E-state index < -0.39 is 5.60 Å². The SMILES string of the molecule is Cc1nn(-c2ccccc2)c2c1C1(Oc3ccccc3-2)c2ccc(N(Cc3ccccc3)Cc3ccccc3)cc2-c2cc(N(Cc3ccccc3)Cc3ccccc3)ccc21. The van der Waals surface area contributed by atoms with Crippen molar-refractivity contribution in [2.75, 3.05) is 9.80 Å². The molecule has 0 amide bonds. The first-order valence-corrected chi connectivity index (χ1v) is 21.5. The van der Waals surface area contributed by atoms with Gasteiger partial charge in [-0.1, -0.05) is 164 Å². The van der Waals surface area contributed by atoms with Crippen molar-refractivity contribution in [1.29, 1.82) is 0 Å². The molecule has 1 aromatic heterocycles. The van der Waals surface area contributed by atoms with E-state index in [1.165, 1.54) is 33.4 Å². The number of benzene rings is 8. The summed E-state index contributed by atoms with van der Waals surface area (Å²) in [4.78, 5) is 5.00. The molecule has 5 heteroatoms. The van der Waals surface area contributed by atoms with Crippen LogP contribution in [0.3, 0.4) is 0 Å². The summed E-state index contributed by atoms with van der Waals surface area (Å²) in [6.07, 6.45) is 0. The van der Waals surface area contributed by atoms with Crippen molar-refractivity contribution >= 4 is 11.4 Å². The van der Waals surface area contributed by atoms with Gasteiger partial charge < -0.3 is 14.5 Å². The van der Waals surface area contributed by atoms with Gasteiger partial charge in [-0.05, 0) is 88.8 Å². The molecule has 0 fully saturated rings. The largest absolute Gasteiger partial charge is 0.472 e. The van der Waals surface area contributed by atoms with E-state index >= 15 is 0 Å². The third kappa shape index (κ3) is 6.63. The van der Waals surface area contributed by atoms with E-state index in [4.69, 9.17) is 9.84 Å². The Morgan fingerprint density at radius 3 is 1.31 bits per heavy atom. The third-order valence-electron chi connectivity index (χ3n) is 12.5. The molecule has 0 atom stereocenters. The molecule has 0 saturated heterocycles. The molecule has 62 heavy (non-hydrogen) atoms. The van der Waals surface area contributed by atoms with Crippen LogP contribution in [0.4, 0.5) is 11.4 Å². The van der Waals surface area contributed by atoms with Gasteiger partial charge in [0.25, 0.3) is 0 Å². The maximum Gasteiger partial charge on any atom is 0.189 e. The van der Waals surface area contributed by atoms with Crippen molar-refractivity contribution < 1.29 is 4.74 Å². The molecule has 5 nitrogen and oxygen atoms in total. The van der Waals surface area contributed by atoms with Gasteiger partial charge in [-0.3, -0.25) is 0 Å². The van der Waals surface area contributed by atoms with Crippen molar-refractivity contribution in [2.45, 2.75) is 38.7 Å². The highest BCUT2D eigenvalue weighted by molar-refractivity contribution is 5.91. The van der Waals surface area contributed by atoms with Crippen LogP contribution in [-0.2, 0) is 31.8 Å². The van der Waals surface area contributed by atoms with E-state index in [0.29, 0.717) is 0 Å². The second kappa shape index (κ2) is 15.8. The fourth-order valence-corrected chi connectivity index (χ4v) is 9.65. The molecule has 2 heterocycles. The standard InChI is InChI=1S/C57H46N4O/c1-41-55-56(61(58-41)46-27-15-6-16-28-46)49-29-17-18-30-54(49)62-57(55)52-33-31-47(59(37-42-19-7-2-8-20-42)38-43-21-9-3-10-22-43)35-50(52)51-36-48(32-34-53(51)57)60(39-44-23-11-4-12-24-44)40-45-25-13-5-14-26-45/h2-36H,37-40H2,1H3. The van der Waals surface area contributed by atoms with Crippen LogP contribution in [0.25, 0.3) is 28.1 Å². The average Bonchev–Trinajstić information content (AvgIpc) is 3.82. The molecule has 0 N–H and O–H groups in total. The van der Waals surface area contributed by atoms with Crippen LogP contribution in [0.15, 0.2) is 212 Å². The number of hydrogen-bond donors (Lipinski definition) is 0. The Kier molecular flexibility index (Phi) is 9.50. The van der Waals surface area contributed by atoms with Gasteiger partial charge >= 0.3 is 0 Å². The smallest absolute Gasteiger partial charge is 0.189 e. The van der Waals surface area contributed by atoms with E-state index in [9.17, 15) is 0 Å². The zero-order valence-corrected chi connectivity index (χ0v) is 34.7. The second-order valence-corrected chi connectivity index (χ2v) is 16.5. The molecule has 1 aliphatic carbocycles. The summed E-state index contributed by atoms with van der Waals surface area (Å²) in [5.41, 5.74) is 16.1. The molecular weight excluding hydrogens is 757 g/mol. The minimum absolute atomic E-state index is 0.769. The predicted molar refractivity (Wildman–Crippen MR) is 252 cm³/mol. The fourth-order valence-electron chi connectivity index (χ4n) is 9.65. The fraction of sp³-hybridized carbons (Fsp3) is 0.105. The molecular formula is C57H46N4O. The van der Waals surface area contributed by atoms with E-state index in [1.807, 2.05) is 0 Å². The Morgan fingerprint density at radius 1 is 0.452 bits per heavy atom. The number of aromatic nitrogens is 2. The van der Waals surface area contributed by atoms with E-state index in [-0.39, 0.29) is 0 Å². The maximum atomic E-state index is 7.59. The van der Waals surface area contributed by atoms with Gasteiger partial charge in [0.2, 0.25) is 0 Å². The zero-order valence-electron chi connectivity index (χ0n) is 34.7. The van der Waals surface area contributed by atoms with Gasteiger partial charge in [-0.25, -0.2) is 4.68 Å². The average molecular weight is 803 g/mol. The number of hydrogen-bond acceptors (Lipinski definition) is 4. The first-order chi connectivity index (χ1) is 30.6. The maximum absolute atomic E-state index is 7.59. The molecule has 1 aliphatic heterocycles. The van der Waals surface area contributed by atoms with Crippen LogP contribution < -0.4 is 14.5 Å². The monoisotopic (exact) mass is 802 g/mol. The van der Waals surface area contributed by atoms with Crippen molar-refractivity contribution in [1.82, 2.24) is 9.78 Å². The molecule has 0 saturated carbocycles. The van der Waals surface area contributed by atoms with E-state index in [2.05, 4.69) is 234 Å². The minimum atomic E-state index is -0.949. The number of rotatable bonds is 11. The summed E-state index contributed by atoms with van der Waals surface area (Å²) in [5.74, 6) is 0.841. The lowest BCUT2D eigenvalue weighted by molar-refractivity contribution is 0.156. The Morgan fingerprint density at radius 2 is 0.855 bits per heavy atom. The van der Waals surface area contributed by atoms with Gasteiger partial charge in [0.15, 0.2) is 5.60 Å². The highest BCUT2D eigenvalue weighted by Gasteiger charge is 2.53. The molecule has 8 aromatic carbocycles. The van der Waals surface area contributed by atoms with Crippen LogP contribution in [0, 0.1) is 6.92 Å². The summed E-state index contributed by atoms with van der Waals surface area (Å²) in [6.45, 7) is 5.22. The molecule has 2 aliphatic rings. The zero-order chi connectivity index (χ0) is 41.5. The molecule has 0 radical (unpaired) electrons. The Bertz CT molecular complexity index is 2780. The van der Waals surface area contributed by atoms with E-state index in [0.717, 1.165) is 82.6 Å². The number of anilines is 2. The van der Waals surface area contributed by atoms with Crippen molar-refractivity contribution in [3.8, 4) is 33.8 Å². The summed E-state index contributed by atoms with van der Waals surface area (Å²) in [6, 6.07) is 76.2. The van der Waals surface area contributed by atoms with Gasteiger partial charge in [-0.15, -0.1) is 0 Å². The van der Waals surface area contributed by atoms with Crippen LogP contribution in [-0.4, -0.2) is 9.78 Å². The second-order valence-electron chi connectivity index (χ2n) is 16.5. The van der Waals surface area contributed by atoms with Crippen LogP contribution in [0.5, 0.6) is 5.75 Å². The lowest BCUT2D eigenvalue weighted by Crippen LogP contribution is -2.37. The normalized spacial score (nSPS) is 12.8. The lowest BCUT2D eigenvalue weighted by Gasteiger charge is -2.38.